The molecule has 146 valence electrons. The smallest absolute Gasteiger partial charge is 0.307 e. The second kappa shape index (κ2) is 7.19. The molecule has 0 bridgehead atoms. The van der Waals surface area contributed by atoms with Gasteiger partial charge < -0.3 is 10.2 Å². The number of rotatable bonds is 4. The Bertz CT molecular complexity index is 886. The molecular weight excluding hydrogens is 364 g/mol. The molecule has 2 aromatic carbocycles. The fourth-order valence-electron chi connectivity index (χ4n) is 4.19. The Balaban J connectivity index is 1.60. The molecule has 0 amide bonds. The second-order valence-electron chi connectivity index (χ2n) is 7.16. The number of non-ortho nitro benzene ring substituents is 1. The summed E-state index contributed by atoms with van der Waals surface area (Å²) in [6, 6.07) is 12.4. The number of aromatic hydroxyl groups is 1. The summed E-state index contributed by atoms with van der Waals surface area (Å²) in [7, 11) is 0. The van der Waals surface area contributed by atoms with Gasteiger partial charge in [-0.05, 0) is 29.7 Å². The number of carboxylic acids is 1. The third-order valence-corrected chi connectivity index (χ3v) is 5.57. The van der Waals surface area contributed by atoms with Crippen molar-refractivity contribution in [2.45, 2.75) is 24.7 Å². The van der Waals surface area contributed by atoms with Crippen LogP contribution in [0.15, 0.2) is 48.5 Å². The van der Waals surface area contributed by atoms with Crippen molar-refractivity contribution in [1.82, 2.24) is 16.2 Å². The van der Waals surface area contributed by atoms with Crippen LogP contribution in [0.2, 0.25) is 0 Å². The number of nitro benzene ring substituents is 1. The lowest BCUT2D eigenvalue weighted by atomic mass is 9.75. The Hall–Kier alpha value is -3.01. The molecule has 0 radical (unpaired) electrons. The summed E-state index contributed by atoms with van der Waals surface area (Å²) < 4.78 is 0. The van der Waals surface area contributed by atoms with Crippen molar-refractivity contribution >= 4 is 11.7 Å². The van der Waals surface area contributed by atoms with Gasteiger partial charge >= 0.3 is 5.97 Å². The highest BCUT2D eigenvalue weighted by molar-refractivity contribution is 5.71. The van der Waals surface area contributed by atoms with E-state index in [0.717, 1.165) is 11.1 Å². The molecular formula is C19H20N4O5. The first-order valence-corrected chi connectivity index (χ1v) is 8.97. The fourth-order valence-corrected chi connectivity index (χ4v) is 4.19. The monoisotopic (exact) mass is 384 g/mol. The molecule has 5 N–H and O–H groups in total. The maximum absolute atomic E-state index is 12.0. The molecule has 2 heterocycles. The van der Waals surface area contributed by atoms with Crippen LogP contribution in [0, 0.1) is 22.0 Å². The Morgan fingerprint density at radius 1 is 1.04 bits per heavy atom. The number of hydrazine groups is 1. The molecule has 2 aliphatic rings. The minimum atomic E-state index is -0.877. The zero-order valence-corrected chi connectivity index (χ0v) is 14.8. The average Bonchev–Trinajstić information content (AvgIpc) is 3.11. The molecule has 2 aromatic rings. The minimum Gasteiger partial charge on any atom is -0.508 e. The summed E-state index contributed by atoms with van der Waals surface area (Å²) in [5.41, 5.74) is 7.97. The lowest BCUT2D eigenvalue weighted by molar-refractivity contribution is -0.384. The third-order valence-electron chi connectivity index (χ3n) is 5.57. The minimum absolute atomic E-state index is 0.00444. The largest absolute Gasteiger partial charge is 0.508 e. The summed E-state index contributed by atoms with van der Waals surface area (Å²) in [6.45, 7) is 0. The van der Waals surface area contributed by atoms with Crippen molar-refractivity contribution in [3.05, 3.63) is 69.8 Å². The number of nitro groups is 1. The van der Waals surface area contributed by atoms with Gasteiger partial charge in [0.25, 0.3) is 5.69 Å². The molecule has 5 atom stereocenters. The second-order valence-corrected chi connectivity index (χ2v) is 7.16. The molecule has 0 saturated carbocycles. The van der Waals surface area contributed by atoms with E-state index in [2.05, 4.69) is 16.2 Å². The summed E-state index contributed by atoms with van der Waals surface area (Å²) in [5, 5.41) is 33.7. The van der Waals surface area contributed by atoms with Crippen molar-refractivity contribution < 1.29 is 19.9 Å². The van der Waals surface area contributed by atoms with Crippen LogP contribution in [0.3, 0.4) is 0 Å². The van der Waals surface area contributed by atoms with Gasteiger partial charge in [-0.1, -0.05) is 24.3 Å². The van der Waals surface area contributed by atoms with Crippen LogP contribution in [0.5, 0.6) is 5.75 Å². The third kappa shape index (κ3) is 3.31. The molecule has 2 aliphatic heterocycles. The first-order chi connectivity index (χ1) is 13.4. The van der Waals surface area contributed by atoms with E-state index >= 15 is 0 Å². The summed E-state index contributed by atoms with van der Waals surface area (Å²) in [4.78, 5) is 22.4. The molecule has 9 nitrogen and oxygen atoms in total. The molecule has 0 spiro atoms. The number of benzene rings is 2. The molecule has 4 rings (SSSR count). The van der Waals surface area contributed by atoms with E-state index in [1.807, 2.05) is 0 Å². The number of hydrogen-bond acceptors (Lipinski definition) is 7. The maximum atomic E-state index is 12.0. The normalized spacial score (nSPS) is 29.2. The number of nitrogens with zero attached hydrogens (tertiary/aromatic N) is 1. The quantitative estimate of drug-likeness (QED) is 0.398. The zero-order chi connectivity index (χ0) is 19.8. The lowest BCUT2D eigenvalue weighted by Gasteiger charge is -2.39. The number of fused-ring (bicyclic) bond motifs is 1. The molecule has 2 fully saturated rings. The number of phenolic OH excluding ortho intramolecular Hbond substituents is 1. The Morgan fingerprint density at radius 2 is 1.68 bits per heavy atom. The van der Waals surface area contributed by atoms with E-state index in [1.54, 1.807) is 36.4 Å². The number of phenols is 1. The van der Waals surface area contributed by atoms with Gasteiger partial charge in [0.05, 0.1) is 23.0 Å². The average molecular weight is 384 g/mol. The highest BCUT2D eigenvalue weighted by Gasteiger charge is 2.49. The van der Waals surface area contributed by atoms with E-state index in [9.17, 15) is 25.1 Å². The van der Waals surface area contributed by atoms with Gasteiger partial charge in [-0.2, -0.15) is 0 Å². The van der Waals surface area contributed by atoms with Crippen molar-refractivity contribution in [3.8, 4) is 5.75 Å². The Morgan fingerprint density at radius 3 is 2.29 bits per heavy atom. The lowest BCUT2D eigenvalue weighted by Crippen LogP contribution is -2.53. The van der Waals surface area contributed by atoms with Crippen molar-refractivity contribution in [3.63, 3.8) is 0 Å². The molecule has 0 aromatic heterocycles. The number of aliphatic carboxylic acids is 1. The highest BCUT2D eigenvalue weighted by atomic mass is 16.6. The van der Waals surface area contributed by atoms with Crippen molar-refractivity contribution in [1.29, 1.82) is 0 Å². The van der Waals surface area contributed by atoms with E-state index in [4.69, 9.17) is 0 Å². The molecule has 9 heteroatoms. The van der Waals surface area contributed by atoms with Crippen LogP contribution in [-0.2, 0) is 4.79 Å². The maximum Gasteiger partial charge on any atom is 0.307 e. The van der Waals surface area contributed by atoms with Gasteiger partial charge in [0, 0.05) is 24.1 Å². The van der Waals surface area contributed by atoms with Crippen LogP contribution in [0.4, 0.5) is 5.69 Å². The van der Waals surface area contributed by atoms with Gasteiger partial charge in [-0.25, -0.2) is 10.9 Å². The standard InChI is InChI=1S/C19H20N4O5/c24-13-7-3-10(4-8-13)15-9-14(19(25)26)16-17(21-22-18(16)20-15)11-1-5-12(6-2-11)23(27)28/h1-8,14-18,20-22,24H,9H2,(H,25,26). The predicted octanol–water partition coefficient (Wildman–Crippen LogP) is 1.83. The van der Waals surface area contributed by atoms with Crippen molar-refractivity contribution in [2.75, 3.05) is 0 Å². The highest BCUT2D eigenvalue weighted by Crippen LogP contribution is 2.42. The van der Waals surface area contributed by atoms with Gasteiger partial charge in [0.15, 0.2) is 0 Å². The Kier molecular flexibility index (Phi) is 4.71. The molecule has 2 saturated heterocycles. The van der Waals surface area contributed by atoms with Gasteiger partial charge in [0.1, 0.15) is 5.75 Å². The summed E-state index contributed by atoms with van der Waals surface area (Å²) >= 11 is 0. The van der Waals surface area contributed by atoms with Gasteiger partial charge in [-0.15, -0.1) is 0 Å². The molecule has 28 heavy (non-hydrogen) atoms. The van der Waals surface area contributed by atoms with Gasteiger partial charge in [-0.3, -0.25) is 20.2 Å². The summed E-state index contributed by atoms with van der Waals surface area (Å²) in [6.07, 6.45) is 0.113. The number of nitrogens with one attached hydrogen (secondary N) is 3. The Labute approximate surface area is 160 Å². The first kappa shape index (κ1) is 18.4. The van der Waals surface area contributed by atoms with Crippen molar-refractivity contribution in [2.24, 2.45) is 11.8 Å². The number of hydrogen-bond donors (Lipinski definition) is 5. The zero-order valence-electron chi connectivity index (χ0n) is 14.8. The van der Waals surface area contributed by atoms with E-state index in [-0.39, 0.29) is 35.6 Å². The van der Waals surface area contributed by atoms with Crippen LogP contribution in [0.25, 0.3) is 0 Å². The van der Waals surface area contributed by atoms with Crippen LogP contribution in [0.1, 0.15) is 29.6 Å². The number of carbonyl (C=O) groups is 1. The first-order valence-electron chi connectivity index (χ1n) is 8.97. The van der Waals surface area contributed by atoms with Crippen LogP contribution >= 0.6 is 0 Å². The topological polar surface area (TPSA) is 137 Å². The van der Waals surface area contributed by atoms with Crippen LogP contribution in [-0.4, -0.2) is 27.3 Å². The van der Waals surface area contributed by atoms with E-state index in [1.165, 1.54) is 12.1 Å². The molecule has 5 unspecified atom stereocenters. The number of piperidine rings is 1. The fraction of sp³-hybridized carbons (Fsp3) is 0.316. The number of carboxylic acid groups (broad SMARTS) is 1. The van der Waals surface area contributed by atoms with Gasteiger partial charge in [0.2, 0.25) is 0 Å². The predicted molar refractivity (Wildman–Crippen MR) is 99.1 cm³/mol. The summed E-state index contributed by atoms with van der Waals surface area (Å²) in [5.74, 6) is -1.61. The van der Waals surface area contributed by atoms with E-state index in [0.29, 0.717) is 6.42 Å². The molecule has 0 aliphatic carbocycles. The van der Waals surface area contributed by atoms with Crippen LogP contribution < -0.4 is 16.2 Å². The SMILES string of the molecule is O=C(O)C1CC(c2ccc(O)cc2)NC2NNC(c3ccc([N+](=O)[O-])cc3)C21. The van der Waals surface area contributed by atoms with E-state index < -0.39 is 16.8 Å².